The molecule has 1 N–H and O–H groups in total. The van der Waals surface area contributed by atoms with Crippen molar-refractivity contribution in [2.24, 2.45) is 0 Å². The van der Waals surface area contributed by atoms with Crippen LogP contribution >= 0.6 is 15.9 Å². The average molecular weight is 258 g/mol. The molecule has 0 radical (unpaired) electrons. The summed E-state index contributed by atoms with van der Waals surface area (Å²) in [6, 6.07) is 3.98. The predicted octanol–water partition coefficient (Wildman–Crippen LogP) is 2.03. The molecule has 0 bridgehead atoms. The lowest BCUT2D eigenvalue weighted by Gasteiger charge is -2.21. The molecule has 3 nitrogen and oxygen atoms in total. The van der Waals surface area contributed by atoms with Gasteiger partial charge in [-0.15, -0.1) is 0 Å². The van der Waals surface area contributed by atoms with E-state index < -0.39 is 0 Å². The lowest BCUT2D eigenvalue weighted by molar-refractivity contribution is -0.0169. The first kappa shape index (κ1) is 9.96. The Morgan fingerprint density at radius 2 is 2.36 bits per heavy atom. The molecular formula is C10H12BrNO2. The van der Waals surface area contributed by atoms with Gasteiger partial charge in [-0.3, -0.25) is 0 Å². The summed E-state index contributed by atoms with van der Waals surface area (Å²) in [6.07, 6.45) is 0. The number of halogens is 1. The van der Waals surface area contributed by atoms with Gasteiger partial charge in [-0.25, -0.2) is 0 Å². The van der Waals surface area contributed by atoms with E-state index in [1.807, 2.05) is 19.2 Å². The van der Waals surface area contributed by atoms with Crippen LogP contribution < -0.4 is 10.1 Å². The van der Waals surface area contributed by atoms with E-state index in [4.69, 9.17) is 9.47 Å². The van der Waals surface area contributed by atoms with E-state index in [-0.39, 0.29) is 0 Å². The smallest absolute Gasteiger partial charge is 0.189 e. The van der Waals surface area contributed by atoms with Crippen LogP contribution in [0.5, 0.6) is 5.75 Å². The zero-order chi connectivity index (χ0) is 9.97. The van der Waals surface area contributed by atoms with Crippen LogP contribution in [0.15, 0.2) is 16.6 Å². The Kier molecular flexibility index (Phi) is 3.05. The molecule has 0 saturated carbocycles. The van der Waals surface area contributed by atoms with Crippen molar-refractivity contribution in [3.05, 3.63) is 27.7 Å². The Balaban J connectivity index is 2.43. The molecule has 4 heteroatoms. The van der Waals surface area contributed by atoms with Gasteiger partial charge in [0.1, 0.15) is 5.75 Å². The molecule has 0 aliphatic carbocycles. The van der Waals surface area contributed by atoms with Gasteiger partial charge in [0.25, 0.3) is 0 Å². The molecule has 1 heterocycles. The third kappa shape index (κ3) is 1.78. The number of benzene rings is 1. The minimum Gasteiger partial charge on any atom is -0.467 e. The quantitative estimate of drug-likeness (QED) is 0.880. The Bertz CT molecular complexity index is 341. The van der Waals surface area contributed by atoms with Gasteiger partial charge >= 0.3 is 0 Å². The Labute approximate surface area is 91.5 Å². The van der Waals surface area contributed by atoms with Gasteiger partial charge in [-0.05, 0) is 24.7 Å². The second-order valence-corrected chi connectivity index (χ2v) is 4.00. The molecule has 0 unspecified atom stereocenters. The maximum Gasteiger partial charge on any atom is 0.189 e. The molecule has 0 aromatic heterocycles. The van der Waals surface area contributed by atoms with Gasteiger partial charge in [0.15, 0.2) is 6.79 Å². The number of hydrogen-bond donors (Lipinski definition) is 1. The highest BCUT2D eigenvalue weighted by Gasteiger charge is 2.16. The van der Waals surface area contributed by atoms with E-state index in [0.717, 1.165) is 22.3 Å². The first-order valence-corrected chi connectivity index (χ1v) is 5.27. The average Bonchev–Trinajstić information content (AvgIpc) is 2.23. The zero-order valence-electron chi connectivity index (χ0n) is 7.97. The van der Waals surface area contributed by atoms with E-state index >= 15 is 0 Å². The summed E-state index contributed by atoms with van der Waals surface area (Å²) in [7, 11) is 1.93. The Morgan fingerprint density at radius 3 is 3.14 bits per heavy atom. The molecule has 14 heavy (non-hydrogen) atoms. The molecular weight excluding hydrogens is 246 g/mol. The van der Waals surface area contributed by atoms with Crippen molar-refractivity contribution in [3.8, 4) is 5.75 Å². The van der Waals surface area contributed by atoms with Crippen LogP contribution in [0, 0.1) is 0 Å². The SMILES string of the molecule is CNCc1c(Br)ccc2c1COCO2. The minimum atomic E-state index is 0.355. The maximum absolute atomic E-state index is 5.39. The van der Waals surface area contributed by atoms with Crippen molar-refractivity contribution in [2.75, 3.05) is 13.8 Å². The molecule has 1 aromatic carbocycles. The van der Waals surface area contributed by atoms with Gasteiger partial charge in [-0.1, -0.05) is 15.9 Å². The van der Waals surface area contributed by atoms with Crippen molar-refractivity contribution in [1.29, 1.82) is 0 Å². The van der Waals surface area contributed by atoms with Crippen LogP contribution in [-0.4, -0.2) is 13.8 Å². The minimum absolute atomic E-state index is 0.355. The Morgan fingerprint density at radius 1 is 1.50 bits per heavy atom. The fourth-order valence-electron chi connectivity index (χ4n) is 1.55. The summed E-state index contributed by atoms with van der Waals surface area (Å²) in [6.45, 7) is 1.80. The number of rotatable bonds is 2. The van der Waals surface area contributed by atoms with E-state index in [1.54, 1.807) is 0 Å². The maximum atomic E-state index is 5.39. The number of fused-ring (bicyclic) bond motifs is 1. The van der Waals surface area contributed by atoms with Crippen molar-refractivity contribution < 1.29 is 9.47 Å². The summed E-state index contributed by atoms with van der Waals surface area (Å²) in [5, 5.41) is 3.13. The zero-order valence-corrected chi connectivity index (χ0v) is 9.56. The molecule has 1 aromatic rings. The fraction of sp³-hybridized carbons (Fsp3) is 0.400. The van der Waals surface area contributed by atoms with Gasteiger partial charge < -0.3 is 14.8 Å². The normalized spacial score (nSPS) is 14.7. The summed E-state index contributed by atoms with van der Waals surface area (Å²) in [5.41, 5.74) is 2.35. The highest BCUT2D eigenvalue weighted by Crippen LogP contribution is 2.31. The number of ether oxygens (including phenoxy) is 2. The van der Waals surface area contributed by atoms with Gasteiger partial charge in [-0.2, -0.15) is 0 Å². The third-order valence-corrected chi connectivity index (χ3v) is 2.97. The van der Waals surface area contributed by atoms with E-state index in [2.05, 4.69) is 21.2 Å². The molecule has 0 atom stereocenters. The van der Waals surface area contributed by atoms with E-state index in [0.29, 0.717) is 13.4 Å². The van der Waals surface area contributed by atoms with E-state index in [9.17, 15) is 0 Å². The van der Waals surface area contributed by atoms with Crippen molar-refractivity contribution >= 4 is 15.9 Å². The highest BCUT2D eigenvalue weighted by atomic mass is 79.9. The van der Waals surface area contributed by atoms with Crippen molar-refractivity contribution in [2.45, 2.75) is 13.2 Å². The van der Waals surface area contributed by atoms with E-state index in [1.165, 1.54) is 5.56 Å². The third-order valence-electron chi connectivity index (χ3n) is 2.23. The highest BCUT2D eigenvalue weighted by molar-refractivity contribution is 9.10. The van der Waals surface area contributed by atoms with Gasteiger partial charge in [0.2, 0.25) is 0 Å². The molecule has 76 valence electrons. The van der Waals surface area contributed by atoms with Gasteiger partial charge in [0, 0.05) is 16.6 Å². The summed E-state index contributed by atoms with van der Waals surface area (Å²) >= 11 is 3.53. The van der Waals surface area contributed by atoms with Crippen molar-refractivity contribution in [3.63, 3.8) is 0 Å². The molecule has 0 spiro atoms. The molecule has 0 fully saturated rings. The molecule has 0 amide bonds. The van der Waals surface area contributed by atoms with Crippen LogP contribution in [0.25, 0.3) is 0 Å². The first-order valence-electron chi connectivity index (χ1n) is 4.48. The molecule has 1 aliphatic heterocycles. The topological polar surface area (TPSA) is 30.5 Å². The lowest BCUT2D eigenvalue weighted by Crippen LogP contribution is -2.16. The second-order valence-electron chi connectivity index (χ2n) is 3.14. The lowest BCUT2D eigenvalue weighted by atomic mass is 10.1. The first-order chi connectivity index (χ1) is 6.83. The second kappa shape index (κ2) is 4.29. The summed E-state index contributed by atoms with van der Waals surface area (Å²) in [4.78, 5) is 0. The fourth-order valence-corrected chi connectivity index (χ4v) is 2.06. The molecule has 2 rings (SSSR count). The summed E-state index contributed by atoms with van der Waals surface area (Å²) in [5.74, 6) is 0.935. The van der Waals surface area contributed by atoms with Crippen LogP contribution in [-0.2, 0) is 17.9 Å². The standard InChI is InChI=1S/C10H12BrNO2/c1-12-4-7-8-5-13-6-14-10(8)3-2-9(7)11/h2-3,12H,4-6H2,1H3. The monoisotopic (exact) mass is 257 g/mol. The van der Waals surface area contributed by atoms with Crippen LogP contribution in [0.1, 0.15) is 11.1 Å². The largest absolute Gasteiger partial charge is 0.467 e. The number of nitrogens with one attached hydrogen (secondary N) is 1. The predicted molar refractivity (Wildman–Crippen MR) is 57.2 cm³/mol. The molecule has 0 saturated heterocycles. The number of hydrogen-bond acceptors (Lipinski definition) is 3. The molecule has 1 aliphatic rings. The van der Waals surface area contributed by atoms with Crippen LogP contribution in [0.4, 0.5) is 0 Å². The van der Waals surface area contributed by atoms with Crippen molar-refractivity contribution in [1.82, 2.24) is 5.32 Å². The van der Waals surface area contributed by atoms with Crippen LogP contribution in [0.2, 0.25) is 0 Å². The Hall–Kier alpha value is -0.580. The van der Waals surface area contributed by atoms with Gasteiger partial charge in [0.05, 0.1) is 6.61 Å². The van der Waals surface area contributed by atoms with Crippen LogP contribution in [0.3, 0.4) is 0 Å². The summed E-state index contributed by atoms with van der Waals surface area (Å²) < 4.78 is 11.8.